The van der Waals surface area contributed by atoms with Gasteiger partial charge in [0.2, 0.25) is 12.0 Å². The fraction of sp³-hybridized carbons (Fsp3) is 0.438. The second-order valence-corrected chi connectivity index (χ2v) is 5.54. The zero-order chi connectivity index (χ0) is 16.6. The lowest BCUT2D eigenvalue weighted by molar-refractivity contribution is -0.148. The van der Waals surface area contributed by atoms with Crippen LogP contribution in [0.3, 0.4) is 0 Å². The van der Waals surface area contributed by atoms with Crippen LogP contribution in [0.1, 0.15) is 18.9 Å². The van der Waals surface area contributed by atoms with Gasteiger partial charge in [0.1, 0.15) is 0 Å². The van der Waals surface area contributed by atoms with E-state index >= 15 is 0 Å². The zero-order valence-corrected chi connectivity index (χ0v) is 13.1. The molecule has 1 atom stereocenters. The van der Waals surface area contributed by atoms with Gasteiger partial charge >= 0.3 is 12.1 Å². The lowest BCUT2D eigenvalue weighted by Crippen LogP contribution is -2.28. The maximum Gasteiger partial charge on any atom is 0.415 e. The number of fused-ring (bicyclic) bond motifs is 1. The van der Waals surface area contributed by atoms with Gasteiger partial charge < -0.3 is 14.4 Å². The lowest BCUT2D eigenvalue weighted by Gasteiger charge is -2.18. The van der Waals surface area contributed by atoms with E-state index in [1.807, 2.05) is 19.1 Å². The molecule has 0 aromatic heterocycles. The third-order valence-electron chi connectivity index (χ3n) is 4.03. The molecule has 2 aliphatic heterocycles. The molecule has 1 fully saturated rings. The molecule has 1 aromatic carbocycles. The highest BCUT2D eigenvalue weighted by molar-refractivity contribution is 6.02. The first-order valence-corrected chi connectivity index (χ1v) is 7.54. The average Bonchev–Trinajstić information content (AvgIpc) is 3.07. The summed E-state index contributed by atoms with van der Waals surface area (Å²) >= 11 is 0. The Bertz CT molecular complexity index is 672. The highest BCUT2D eigenvalue weighted by Crippen LogP contribution is 2.33. The van der Waals surface area contributed by atoms with Crippen LogP contribution >= 0.6 is 0 Å². The highest BCUT2D eigenvalue weighted by atomic mass is 16.6. The quantitative estimate of drug-likeness (QED) is 0.786. The third-order valence-corrected chi connectivity index (χ3v) is 4.03. The monoisotopic (exact) mass is 318 g/mol. The minimum Gasteiger partial charge on any atom is -0.466 e. The molecule has 0 N–H and O–H groups in total. The van der Waals surface area contributed by atoms with Gasteiger partial charge in [0.05, 0.1) is 20.1 Å². The summed E-state index contributed by atoms with van der Waals surface area (Å²) in [5, 5.41) is 0. The molecule has 1 saturated heterocycles. The molecular weight excluding hydrogens is 300 g/mol. The van der Waals surface area contributed by atoms with Gasteiger partial charge in [-0.05, 0) is 30.2 Å². The molecule has 0 spiro atoms. The summed E-state index contributed by atoms with van der Waals surface area (Å²) in [5.41, 5.74) is 2.39. The van der Waals surface area contributed by atoms with Crippen molar-refractivity contribution in [2.24, 2.45) is 0 Å². The van der Waals surface area contributed by atoms with Crippen molar-refractivity contribution in [3.05, 3.63) is 23.8 Å². The van der Waals surface area contributed by atoms with Gasteiger partial charge in [-0.3, -0.25) is 9.69 Å². The maximum absolute atomic E-state index is 12.1. The van der Waals surface area contributed by atoms with Gasteiger partial charge in [-0.25, -0.2) is 9.59 Å². The van der Waals surface area contributed by atoms with Crippen LogP contribution in [0.5, 0.6) is 0 Å². The summed E-state index contributed by atoms with van der Waals surface area (Å²) < 4.78 is 9.62. The van der Waals surface area contributed by atoms with Crippen LogP contribution in [0, 0.1) is 0 Å². The smallest absolute Gasteiger partial charge is 0.415 e. The van der Waals surface area contributed by atoms with E-state index in [1.54, 1.807) is 11.0 Å². The number of amides is 2. The number of hydrogen-bond acceptors (Lipinski definition) is 5. The molecule has 7 nitrogen and oxygen atoms in total. The van der Waals surface area contributed by atoms with Crippen LogP contribution in [0.25, 0.3) is 0 Å². The predicted molar refractivity (Wildman–Crippen MR) is 82.4 cm³/mol. The molecule has 3 rings (SSSR count). The fourth-order valence-electron chi connectivity index (χ4n) is 2.93. The molecule has 0 saturated carbocycles. The molecule has 0 aliphatic carbocycles. The molecule has 0 radical (unpaired) electrons. The molecule has 2 heterocycles. The number of methoxy groups -OCH3 is 1. The number of esters is 1. The summed E-state index contributed by atoms with van der Waals surface area (Å²) in [4.78, 5) is 38.7. The van der Waals surface area contributed by atoms with Gasteiger partial charge in [0, 0.05) is 17.9 Å². The Hall–Kier alpha value is -2.57. The molecule has 122 valence electrons. The van der Waals surface area contributed by atoms with E-state index in [0.717, 1.165) is 17.7 Å². The van der Waals surface area contributed by atoms with Gasteiger partial charge in [0.25, 0.3) is 0 Å². The predicted octanol–water partition coefficient (Wildman–Crippen LogP) is 1.48. The van der Waals surface area contributed by atoms with Crippen molar-refractivity contribution in [2.45, 2.75) is 25.9 Å². The lowest BCUT2D eigenvalue weighted by atomic mass is 10.1. The van der Waals surface area contributed by atoms with Crippen molar-refractivity contribution >= 4 is 29.3 Å². The second kappa shape index (κ2) is 5.91. The normalized spacial score (nSPS) is 19.8. The highest BCUT2D eigenvalue weighted by Gasteiger charge is 2.38. The summed E-state index contributed by atoms with van der Waals surface area (Å²) in [6, 6.07) is 5.41. The number of benzene rings is 1. The van der Waals surface area contributed by atoms with Crippen LogP contribution in [0.4, 0.5) is 16.2 Å². The number of hydrogen-bond donors (Lipinski definition) is 0. The number of ether oxygens (including phenoxy) is 2. The number of cyclic esters (lactones) is 1. The maximum atomic E-state index is 12.1. The first-order chi connectivity index (χ1) is 11.0. The van der Waals surface area contributed by atoms with E-state index in [-0.39, 0.29) is 12.5 Å². The largest absolute Gasteiger partial charge is 0.466 e. The Labute approximate surface area is 133 Å². The van der Waals surface area contributed by atoms with Crippen LogP contribution in [0.15, 0.2) is 18.2 Å². The molecule has 2 aliphatic rings. The molecule has 0 bridgehead atoms. The van der Waals surface area contributed by atoms with Gasteiger partial charge in [-0.15, -0.1) is 0 Å². The van der Waals surface area contributed by atoms with Crippen LogP contribution < -0.4 is 9.80 Å². The average molecular weight is 318 g/mol. The topological polar surface area (TPSA) is 76.2 Å². The Morgan fingerprint density at radius 1 is 1.39 bits per heavy atom. The first-order valence-electron chi connectivity index (χ1n) is 7.54. The Balaban J connectivity index is 1.84. The minimum absolute atomic E-state index is 0.0652. The van der Waals surface area contributed by atoms with Crippen molar-refractivity contribution in [3.63, 3.8) is 0 Å². The van der Waals surface area contributed by atoms with Gasteiger partial charge in [0.15, 0.2) is 0 Å². The van der Waals surface area contributed by atoms with E-state index in [9.17, 15) is 14.4 Å². The molecule has 23 heavy (non-hydrogen) atoms. The minimum atomic E-state index is -0.918. The Morgan fingerprint density at radius 2 is 2.17 bits per heavy atom. The molecular formula is C16H18N2O5. The summed E-state index contributed by atoms with van der Waals surface area (Å²) in [6.45, 7) is 2.81. The second-order valence-electron chi connectivity index (χ2n) is 5.54. The van der Waals surface area contributed by atoms with E-state index in [0.29, 0.717) is 18.7 Å². The third kappa shape index (κ3) is 2.62. The zero-order valence-electron chi connectivity index (χ0n) is 13.1. The number of anilines is 2. The standard InChI is InChI=1S/C16H18N2O5/c1-3-6-17-12-5-4-11(7-10(12)8-14(17)19)18-9-13(15(20)22-2)23-16(18)21/h4-5,7,13H,3,6,8-9H2,1-2H3. The number of rotatable bonds is 4. The Morgan fingerprint density at radius 3 is 2.87 bits per heavy atom. The molecule has 1 unspecified atom stereocenters. The van der Waals surface area contributed by atoms with Crippen LogP contribution in [-0.4, -0.2) is 44.3 Å². The number of carbonyl (C=O) groups excluding carboxylic acids is 3. The summed E-state index contributed by atoms with van der Waals surface area (Å²) in [5.74, 6) is -0.512. The molecule has 7 heteroatoms. The summed E-state index contributed by atoms with van der Waals surface area (Å²) in [6.07, 6.45) is -0.298. The SMILES string of the molecule is CCCN1C(=O)Cc2cc(N3CC(C(=O)OC)OC3=O)ccc21. The van der Waals surface area contributed by atoms with E-state index in [1.165, 1.54) is 12.0 Å². The fourth-order valence-corrected chi connectivity index (χ4v) is 2.93. The molecule has 2 amide bonds. The molecule has 1 aromatic rings. The van der Waals surface area contributed by atoms with E-state index < -0.39 is 18.2 Å². The summed E-state index contributed by atoms with van der Waals surface area (Å²) in [7, 11) is 1.25. The van der Waals surface area contributed by atoms with Crippen molar-refractivity contribution in [1.29, 1.82) is 0 Å². The van der Waals surface area contributed by atoms with Crippen LogP contribution in [-0.2, 0) is 25.5 Å². The van der Waals surface area contributed by atoms with Gasteiger partial charge in [-0.1, -0.05) is 6.92 Å². The van der Waals surface area contributed by atoms with E-state index in [4.69, 9.17) is 4.74 Å². The Kier molecular flexibility index (Phi) is 3.94. The van der Waals surface area contributed by atoms with Crippen molar-refractivity contribution in [1.82, 2.24) is 0 Å². The van der Waals surface area contributed by atoms with Crippen molar-refractivity contribution in [3.8, 4) is 0 Å². The van der Waals surface area contributed by atoms with Crippen molar-refractivity contribution < 1.29 is 23.9 Å². The van der Waals surface area contributed by atoms with Crippen LogP contribution in [0.2, 0.25) is 0 Å². The number of nitrogens with zero attached hydrogens (tertiary/aromatic N) is 2. The first kappa shape index (κ1) is 15.3. The van der Waals surface area contributed by atoms with Crippen molar-refractivity contribution in [2.75, 3.05) is 30.0 Å². The van der Waals surface area contributed by atoms with E-state index in [2.05, 4.69) is 4.74 Å². The number of carbonyl (C=O) groups is 3. The van der Waals surface area contributed by atoms with Gasteiger partial charge in [-0.2, -0.15) is 0 Å².